The Morgan fingerprint density at radius 1 is 1.08 bits per heavy atom. The lowest BCUT2D eigenvalue weighted by Gasteiger charge is -2.08. The van der Waals surface area contributed by atoms with Crippen LogP contribution < -0.4 is 10.0 Å². The van der Waals surface area contributed by atoms with Gasteiger partial charge in [0.1, 0.15) is 0 Å². The Bertz CT molecular complexity index is 873. The van der Waals surface area contributed by atoms with Crippen LogP contribution in [0.3, 0.4) is 0 Å². The molecule has 0 aliphatic rings. The van der Waals surface area contributed by atoms with Crippen molar-refractivity contribution in [1.82, 2.24) is 4.72 Å². The van der Waals surface area contributed by atoms with Gasteiger partial charge >= 0.3 is 0 Å². The molecule has 2 aromatic carbocycles. The molecular formula is C17H16BrN3O3S. The molecule has 8 heteroatoms. The molecule has 0 unspecified atom stereocenters. The predicted molar refractivity (Wildman–Crippen MR) is 98.3 cm³/mol. The Morgan fingerprint density at radius 3 is 2.32 bits per heavy atom. The number of benzene rings is 2. The Hall–Kier alpha value is -2.21. The van der Waals surface area contributed by atoms with Gasteiger partial charge in [-0.15, -0.1) is 0 Å². The van der Waals surface area contributed by atoms with E-state index in [1.165, 1.54) is 12.1 Å². The zero-order chi connectivity index (χ0) is 18.3. The van der Waals surface area contributed by atoms with Gasteiger partial charge in [0.15, 0.2) is 0 Å². The summed E-state index contributed by atoms with van der Waals surface area (Å²) in [6, 6.07) is 15.2. The van der Waals surface area contributed by atoms with Crippen molar-refractivity contribution in [2.75, 3.05) is 11.9 Å². The average Bonchev–Trinajstić information content (AvgIpc) is 2.57. The first kappa shape index (κ1) is 19.1. The molecule has 25 heavy (non-hydrogen) atoms. The van der Waals surface area contributed by atoms with Gasteiger partial charge in [-0.05, 0) is 42.0 Å². The highest BCUT2D eigenvalue weighted by Crippen LogP contribution is 2.14. The summed E-state index contributed by atoms with van der Waals surface area (Å²) in [6.07, 6.45) is 0.321. The molecule has 0 aliphatic carbocycles. The number of nitriles is 1. The van der Waals surface area contributed by atoms with Gasteiger partial charge in [-0.25, -0.2) is 13.1 Å². The smallest absolute Gasteiger partial charge is 0.240 e. The van der Waals surface area contributed by atoms with E-state index in [4.69, 9.17) is 5.26 Å². The number of carbonyl (C=O) groups excluding carboxylic acids is 1. The quantitative estimate of drug-likeness (QED) is 0.717. The number of nitrogens with zero attached hydrogens (tertiary/aromatic N) is 1. The molecule has 0 saturated carbocycles. The summed E-state index contributed by atoms with van der Waals surface area (Å²) in [5, 5.41) is 11.3. The Morgan fingerprint density at radius 2 is 1.72 bits per heavy atom. The van der Waals surface area contributed by atoms with Crippen LogP contribution in [0.1, 0.15) is 12.0 Å². The van der Waals surface area contributed by atoms with Crippen molar-refractivity contribution < 1.29 is 13.2 Å². The van der Waals surface area contributed by atoms with Crippen molar-refractivity contribution in [3.05, 3.63) is 58.6 Å². The van der Waals surface area contributed by atoms with Crippen LogP contribution in [0, 0.1) is 11.3 Å². The molecule has 6 nitrogen and oxygen atoms in total. The molecule has 0 aliphatic heterocycles. The number of sulfonamides is 1. The van der Waals surface area contributed by atoms with Crippen LogP contribution >= 0.6 is 15.9 Å². The molecule has 0 fully saturated rings. The molecule has 0 spiro atoms. The number of hydrogen-bond donors (Lipinski definition) is 2. The fourth-order valence-electron chi connectivity index (χ4n) is 2.02. The van der Waals surface area contributed by atoms with Gasteiger partial charge in [0.25, 0.3) is 0 Å². The topological polar surface area (TPSA) is 99.1 Å². The third-order valence-corrected chi connectivity index (χ3v) is 5.29. The summed E-state index contributed by atoms with van der Waals surface area (Å²) >= 11 is 3.24. The van der Waals surface area contributed by atoms with Crippen molar-refractivity contribution in [1.29, 1.82) is 5.26 Å². The number of amides is 1. The number of anilines is 1. The third kappa shape index (κ3) is 5.98. The maximum atomic E-state index is 12.1. The van der Waals surface area contributed by atoms with Crippen LogP contribution in [0.25, 0.3) is 0 Å². The SMILES string of the molecule is N#CCc1ccc(NC(=O)CCNS(=O)(=O)c2ccc(Br)cc2)cc1. The second kappa shape index (κ2) is 8.76. The van der Waals surface area contributed by atoms with Gasteiger partial charge in [-0.1, -0.05) is 28.1 Å². The fourth-order valence-corrected chi connectivity index (χ4v) is 3.31. The molecular weight excluding hydrogens is 406 g/mol. The first-order chi connectivity index (χ1) is 11.9. The van der Waals surface area contributed by atoms with Crippen molar-refractivity contribution in [2.45, 2.75) is 17.7 Å². The van der Waals surface area contributed by atoms with Gasteiger partial charge in [0.05, 0.1) is 17.4 Å². The summed E-state index contributed by atoms with van der Waals surface area (Å²) in [6.45, 7) is -0.00323. The van der Waals surface area contributed by atoms with Crippen molar-refractivity contribution >= 4 is 37.5 Å². The highest BCUT2D eigenvalue weighted by Gasteiger charge is 2.14. The van der Waals surface area contributed by atoms with Crippen LogP contribution in [0.15, 0.2) is 57.9 Å². The Labute approximate surface area is 155 Å². The summed E-state index contributed by atoms with van der Waals surface area (Å²) < 4.78 is 27.4. The van der Waals surface area contributed by atoms with Gasteiger partial charge in [-0.2, -0.15) is 5.26 Å². The number of nitrogens with one attached hydrogen (secondary N) is 2. The van der Waals surface area contributed by atoms with Crippen molar-refractivity contribution in [2.24, 2.45) is 0 Å². The van der Waals surface area contributed by atoms with E-state index in [1.807, 2.05) is 6.07 Å². The molecule has 0 radical (unpaired) electrons. The maximum Gasteiger partial charge on any atom is 0.240 e. The van der Waals surface area contributed by atoms with E-state index in [0.29, 0.717) is 12.1 Å². The summed E-state index contributed by atoms with van der Waals surface area (Å²) in [4.78, 5) is 12.0. The number of carbonyl (C=O) groups is 1. The first-order valence-corrected chi connectivity index (χ1v) is 9.69. The standard InChI is InChI=1S/C17H16BrN3O3S/c18-14-3-7-16(8-4-14)25(23,24)20-12-10-17(22)21-15-5-1-13(2-6-15)9-11-19/h1-8,20H,9-10,12H2,(H,21,22). The van der Waals surface area contributed by atoms with E-state index in [-0.39, 0.29) is 23.8 Å². The molecule has 0 aromatic heterocycles. The van der Waals surface area contributed by atoms with E-state index < -0.39 is 10.0 Å². The van der Waals surface area contributed by atoms with Crippen LogP contribution in [-0.4, -0.2) is 20.9 Å². The van der Waals surface area contributed by atoms with Crippen LogP contribution in [0.5, 0.6) is 0 Å². The van der Waals surface area contributed by atoms with E-state index in [9.17, 15) is 13.2 Å². The molecule has 2 aromatic rings. The predicted octanol–water partition coefficient (Wildman–Crippen LogP) is 2.82. The van der Waals surface area contributed by atoms with Gasteiger partial charge < -0.3 is 5.32 Å². The zero-order valence-corrected chi connectivity index (χ0v) is 15.6. The molecule has 2 rings (SSSR count). The molecule has 0 saturated heterocycles. The third-order valence-electron chi connectivity index (χ3n) is 3.29. The summed E-state index contributed by atoms with van der Waals surface area (Å²) in [5.74, 6) is -0.300. The average molecular weight is 422 g/mol. The first-order valence-electron chi connectivity index (χ1n) is 7.42. The Balaban J connectivity index is 1.83. The summed E-state index contributed by atoms with van der Waals surface area (Å²) in [5.41, 5.74) is 1.46. The minimum Gasteiger partial charge on any atom is -0.326 e. The second-order valence-electron chi connectivity index (χ2n) is 5.18. The lowest BCUT2D eigenvalue weighted by atomic mass is 10.1. The lowest BCUT2D eigenvalue weighted by Crippen LogP contribution is -2.27. The van der Waals surface area contributed by atoms with Crippen molar-refractivity contribution in [3.8, 4) is 6.07 Å². The number of rotatable bonds is 7. The van der Waals surface area contributed by atoms with Crippen LogP contribution in [-0.2, 0) is 21.2 Å². The van der Waals surface area contributed by atoms with Crippen LogP contribution in [0.4, 0.5) is 5.69 Å². The molecule has 2 N–H and O–H groups in total. The van der Waals surface area contributed by atoms with E-state index >= 15 is 0 Å². The highest BCUT2D eigenvalue weighted by molar-refractivity contribution is 9.10. The van der Waals surface area contributed by atoms with E-state index in [1.54, 1.807) is 36.4 Å². The molecule has 1 amide bonds. The van der Waals surface area contributed by atoms with Gasteiger partial charge in [0.2, 0.25) is 15.9 Å². The van der Waals surface area contributed by atoms with Crippen molar-refractivity contribution in [3.63, 3.8) is 0 Å². The van der Waals surface area contributed by atoms with Gasteiger partial charge in [0, 0.05) is 23.1 Å². The minimum absolute atomic E-state index is 0.00323. The minimum atomic E-state index is -3.64. The van der Waals surface area contributed by atoms with E-state index in [0.717, 1.165) is 10.0 Å². The summed E-state index contributed by atoms with van der Waals surface area (Å²) in [7, 11) is -3.64. The molecule has 130 valence electrons. The molecule has 0 atom stereocenters. The van der Waals surface area contributed by atoms with Gasteiger partial charge in [-0.3, -0.25) is 4.79 Å². The number of halogens is 1. The zero-order valence-electron chi connectivity index (χ0n) is 13.2. The molecule has 0 heterocycles. The monoisotopic (exact) mass is 421 g/mol. The highest BCUT2D eigenvalue weighted by atomic mass is 79.9. The lowest BCUT2D eigenvalue weighted by molar-refractivity contribution is -0.116. The molecule has 0 bridgehead atoms. The largest absolute Gasteiger partial charge is 0.326 e. The Kier molecular flexibility index (Phi) is 6.70. The number of hydrogen-bond acceptors (Lipinski definition) is 4. The maximum absolute atomic E-state index is 12.1. The normalized spacial score (nSPS) is 10.9. The van der Waals surface area contributed by atoms with Crippen LogP contribution in [0.2, 0.25) is 0 Å². The second-order valence-corrected chi connectivity index (χ2v) is 7.86. The fraction of sp³-hybridized carbons (Fsp3) is 0.176. The van der Waals surface area contributed by atoms with E-state index in [2.05, 4.69) is 26.0 Å².